The highest BCUT2D eigenvalue weighted by atomic mass is 16.6. The Kier molecular flexibility index (Phi) is 4.88. The van der Waals surface area contributed by atoms with Crippen LogP contribution in [0.5, 0.6) is 0 Å². The summed E-state index contributed by atoms with van der Waals surface area (Å²) >= 11 is 0. The molecular formula is C13H16N2O4. The van der Waals surface area contributed by atoms with Crippen molar-refractivity contribution in [2.45, 2.75) is 39.2 Å². The molecule has 102 valence electrons. The first-order valence-electron chi connectivity index (χ1n) is 6.24. The van der Waals surface area contributed by atoms with Crippen LogP contribution in [0.1, 0.15) is 33.1 Å². The summed E-state index contributed by atoms with van der Waals surface area (Å²) in [4.78, 5) is 24.3. The van der Waals surface area contributed by atoms with Crippen molar-refractivity contribution >= 4 is 11.9 Å². The Bertz CT molecular complexity index is 431. The third-order valence-corrected chi connectivity index (χ3v) is 3.11. The van der Waals surface area contributed by atoms with Crippen LogP contribution < -0.4 is 0 Å². The molecule has 0 bridgehead atoms. The first-order valence-corrected chi connectivity index (χ1v) is 6.24. The van der Waals surface area contributed by atoms with Gasteiger partial charge in [-0.2, -0.15) is 10.5 Å². The van der Waals surface area contributed by atoms with E-state index < -0.39 is 23.3 Å². The van der Waals surface area contributed by atoms with Crippen molar-refractivity contribution in [1.29, 1.82) is 10.5 Å². The summed E-state index contributed by atoms with van der Waals surface area (Å²) in [5, 5.41) is 18.0. The van der Waals surface area contributed by atoms with Gasteiger partial charge < -0.3 is 9.47 Å². The molecule has 1 atom stereocenters. The van der Waals surface area contributed by atoms with Gasteiger partial charge in [-0.1, -0.05) is 6.92 Å². The van der Waals surface area contributed by atoms with E-state index in [1.54, 1.807) is 26.0 Å². The molecule has 19 heavy (non-hydrogen) atoms. The lowest BCUT2D eigenvalue weighted by Gasteiger charge is -2.28. The normalized spacial score (nSPS) is 16.9. The number of esters is 2. The Labute approximate surface area is 111 Å². The van der Waals surface area contributed by atoms with Crippen molar-refractivity contribution in [3.63, 3.8) is 0 Å². The molecule has 0 N–H and O–H groups in total. The van der Waals surface area contributed by atoms with E-state index in [0.29, 0.717) is 0 Å². The summed E-state index contributed by atoms with van der Waals surface area (Å²) in [6.45, 7) is 3.23. The van der Waals surface area contributed by atoms with E-state index in [0.717, 1.165) is 12.8 Å². The van der Waals surface area contributed by atoms with Crippen LogP contribution in [0.4, 0.5) is 0 Å². The molecule has 0 amide bonds. The average molecular weight is 264 g/mol. The lowest BCUT2D eigenvalue weighted by atomic mass is 9.74. The summed E-state index contributed by atoms with van der Waals surface area (Å²) in [5.74, 6) is -3.11. The molecule has 0 spiro atoms. The van der Waals surface area contributed by atoms with Gasteiger partial charge in [-0.15, -0.1) is 0 Å². The van der Waals surface area contributed by atoms with Gasteiger partial charge >= 0.3 is 11.9 Å². The van der Waals surface area contributed by atoms with E-state index in [1.165, 1.54) is 0 Å². The fourth-order valence-corrected chi connectivity index (χ4v) is 1.76. The minimum Gasteiger partial charge on any atom is -0.465 e. The van der Waals surface area contributed by atoms with Crippen LogP contribution in [0.2, 0.25) is 0 Å². The molecule has 0 aliphatic heterocycles. The molecule has 6 heteroatoms. The first-order chi connectivity index (χ1) is 9.06. The van der Waals surface area contributed by atoms with Gasteiger partial charge in [0.2, 0.25) is 0 Å². The Hall–Kier alpha value is -2.08. The highest BCUT2D eigenvalue weighted by molar-refractivity contribution is 6.01. The van der Waals surface area contributed by atoms with E-state index in [9.17, 15) is 9.59 Å². The average Bonchev–Trinajstić information content (AvgIpc) is 3.19. The fraction of sp³-hybridized carbons (Fsp3) is 0.692. The van der Waals surface area contributed by atoms with Crippen LogP contribution >= 0.6 is 0 Å². The zero-order valence-electron chi connectivity index (χ0n) is 11.0. The minimum absolute atomic E-state index is 0.0107. The van der Waals surface area contributed by atoms with Gasteiger partial charge in [-0.3, -0.25) is 9.59 Å². The quantitative estimate of drug-likeness (QED) is 0.529. The number of carbonyl (C=O) groups excluding carboxylic acids is 2. The van der Waals surface area contributed by atoms with E-state index >= 15 is 0 Å². The third kappa shape index (κ3) is 2.85. The second-order valence-electron chi connectivity index (χ2n) is 4.34. The van der Waals surface area contributed by atoms with Crippen LogP contribution in [-0.4, -0.2) is 24.6 Å². The largest absolute Gasteiger partial charge is 0.465 e. The molecule has 1 aliphatic rings. The maximum absolute atomic E-state index is 12.2. The Morgan fingerprint density at radius 2 is 1.84 bits per heavy atom. The molecule has 1 unspecified atom stereocenters. The van der Waals surface area contributed by atoms with Gasteiger partial charge in [-0.05, 0) is 26.2 Å². The second-order valence-corrected chi connectivity index (χ2v) is 4.34. The molecule has 0 radical (unpaired) electrons. The maximum Gasteiger partial charge on any atom is 0.326 e. The van der Waals surface area contributed by atoms with E-state index in [-0.39, 0.29) is 19.1 Å². The Morgan fingerprint density at radius 3 is 2.21 bits per heavy atom. The van der Waals surface area contributed by atoms with Gasteiger partial charge in [0.15, 0.2) is 11.3 Å². The highest BCUT2D eigenvalue weighted by Gasteiger charge is 2.55. The predicted molar refractivity (Wildman–Crippen MR) is 63.2 cm³/mol. The van der Waals surface area contributed by atoms with Crippen molar-refractivity contribution in [3.05, 3.63) is 0 Å². The predicted octanol–water partition coefficient (Wildman–Crippen LogP) is 1.31. The highest BCUT2D eigenvalue weighted by Crippen LogP contribution is 2.37. The summed E-state index contributed by atoms with van der Waals surface area (Å²) in [7, 11) is 0. The van der Waals surface area contributed by atoms with Gasteiger partial charge in [-0.25, -0.2) is 0 Å². The fourth-order valence-electron chi connectivity index (χ4n) is 1.76. The third-order valence-electron chi connectivity index (χ3n) is 3.11. The van der Waals surface area contributed by atoms with Crippen molar-refractivity contribution in [3.8, 4) is 12.1 Å². The molecule has 0 aromatic rings. The molecule has 6 nitrogen and oxygen atoms in total. The summed E-state index contributed by atoms with van der Waals surface area (Å²) in [6.07, 6.45) is 1.28. The summed E-state index contributed by atoms with van der Waals surface area (Å²) < 4.78 is 9.99. The zero-order valence-corrected chi connectivity index (χ0v) is 11.0. The number of nitrogens with zero attached hydrogens (tertiary/aromatic N) is 2. The molecule has 1 rings (SSSR count). The van der Waals surface area contributed by atoms with Crippen molar-refractivity contribution in [1.82, 2.24) is 0 Å². The van der Waals surface area contributed by atoms with Crippen LogP contribution in [-0.2, 0) is 19.1 Å². The molecule has 1 fully saturated rings. The molecule has 0 aromatic heterocycles. The lowest BCUT2D eigenvalue weighted by molar-refractivity contribution is -0.175. The number of ether oxygens (including phenoxy) is 2. The number of hydrogen-bond donors (Lipinski definition) is 0. The van der Waals surface area contributed by atoms with Gasteiger partial charge in [0.25, 0.3) is 0 Å². The van der Waals surface area contributed by atoms with Crippen molar-refractivity contribution < 1.29 is 19.1 Å². The number of nitriles is 2. The van der Waals surface area contributed by atoms with Crippen molar-refractivity contribution in [2.24, 2.45) is 11.3 Å². The SMILES string of the molecule is CCOC(=O)C(CC)(C(=O)OC1CC1)C(C#N)C#N. The summed E-state index contributed by atoms with van der Waals surface area (Å²) in [6, 6.07) is 3.39. The molecule has 0 aromatic carbocycles. The van der Waals surface area contributed by atoms with E-state index in [2.05, 4.69) is 0 Å². The van der Waals surface area contributed by atoms with Crippen LogP contribution in [0.3, 0.4) is 0 Å². The van der Waals surface area contributed by atoms with Gasteiger partial charge in [0.05, 0.1) is 18.7 Å². The van der Waals surface area contributed by atoms with Gasteiger partial charge in [0, 0.05) is 0 Å². The molecule has 0 heterocycles. The number of hydrogen-bond acceptors (Lipinski definition) is 6. The first kappa shape index (κ1) is 15.0. The van der Waals surface area contributed by atoms with E-state index in [4.69, 9.17) is 20.0 Å². The van der Waals surface area contributed by atoms with Crippen LogP contribution in [0.25, 0.3) is 0 Å². The molecule has 1 saturated carbocycles. The lowest BCUT2D eigenvalue weighted by Crippen LogP contribution is -2.47. The molecular weight excluding hydrogens is 248 g/mol. The maximum atomic E-state index is 12.2. The van der Waals surface area contributed by atoms with Crippen LogP contribution in [0, 0.1) is 34.0 Å². The van der Waals surface area contributed by atoms with Crippen LogP contribution in [0.15, 0.2) is 0 Å². The number of rotatable bonds is 6. The Morgan fingerprint density at radius 1 is 1.26 bits per heavy atom. The monoisotopic (exact) mass is 264 g/mol. The standard InChI is InChI=1S/C13H16N2O4/c1-3-13(9(7-14)8-15,11(16)18-4-2)12(17)19-10-5-6-10/h9-10H,3-6H2,1-2H3. The van der Waals surface area contributed by atoms with E-state index in [1.807, 2.05) is 0 Å². The molecule has 0 saturated heterocycles. The molecule has 1 aliphatic carbocycles. The minimum atomic E-state index is -1.85. The van der Waals surface area contributed by atoms with Gasteiger partial charge in [0.1, 0.15) is 6.10 Å². The topological polar surface area (TPSA) is 100 Å². The van der Waals surface area contributed by atoms with Crippen molar-refractivity contribution in [2.75, 3.05) is 6.61 Å². The Balaban J connectivity index is 3.11. The number of carbonyl (C=O) groups is 2. The second kappa shape index (κ2) is 6.19. The zero-order chi connectivity index (χ0) is 14.5. The smallest absolute Gasteiger partial charge is 0.326 e. The summed E-state index contributed by atoms with van der Waals surface area (Å²) in [5.41, 5.74) is -1.85.